The Kier molecular flexibility index (Phi) is 4.65. The van der Waals surface area contributed by atoms with Crippen molar-refractivity contribution in [1.29, 1.82) is 0 Å². The summed E-state index contributed by atoms with van der Waals surface area (Å²) in [4.78, 5) is 14.1. The van der Waals surface area contributed by atoms with E-state index in [1.807, 2.05) is 17.0 Å². The van der Waals surface area contributed by atoms with Gasteiger partial charge in [-0.2, -0.15) is 0 Å². The zero-order valence-corrected chi connectivity index (χ0v) is 10.4. The van der Waals surface area contributed by atoms with Crippen LogP contribution in [0.1, 0.15) is 44.3 Å². The monoisotopic (exact) mass is 235 g/mol. The molecule has 1 amide bonds. The minimum absolute atomic E-state index is 0.281. The summed E-state index contributed by atoms with van der Waals surface area (Å²) >= 11 is 0. The largest absolute Gasteiger partial charge is 0.469 e. The Labute approximate surface area is 103 Å². The number of hydrogen-bond donors (Lipinski definition) is 0. The molecule has 2 rings (SSSR count). The molecule has 1 aliphatic heterocycles. The summed E-state index contributed by atoms with van der Waals surface area (Å²) in [7, 11) is 0. The zero-order valence-electron chi connectivity index (χ0n) is 10.4. The van der Waals surface area contributed by atoms with Gasteiger partial charge in [0.2, 0.25) is 5.91 Å². The van der Waals surface area contributed by atoms with Crippen LogP contribution in [-0.2, 0) is 11.2 Å². The van der Waals surface area contributed by atoms with Crippen molar-refractivity contribution in [2.24, 2.45) is 0 Å². The molecule has 0 unspecified atom stereocenters. The molecule has 0 N–H and O–H groups in total. The van der Waals surface area contributed by atoms with Crippen molar-refractivity contribution in [2.45, 2.75) is 44.9 Å². The first kappa shape index (κ1) is 12.2. The summed E-state index contributed by atoms with van der Waals surface area (Å²) < 4.78 is 5.25. The molecule has 0 atom stereocenters. The fourth-order valence-electron chi connectivity index (χ4n) is 2.34. The average molecular weight is 235 g/mol. The van der Waals surface area contributed by atoms with Crippen LogP contribution < -0.4 is 0 Å². The fraction of sp³-hybridized carbons (Fsp3) is 0.643. The molecule has 17 heavy (non-hydrogen) atoms. The third-order valence-corrected chi connectivity index (χ3v) is 3.37. The second kappa shape index (κ2) is 6.48. The predicted molar refractivity (Wildman–Crippen MR) is 66.7 cm³/mol. The lowest BCUT2D eigenvalue weighted by molar-refractivity contribution is -0.131. The van der Waals surface area contributed by atoms with E-state index in [-0.39, 0.29) is 5.91 Å². The molecular weight excluding hydrogens is 214 g/mol. The van der Waals surface area contributed by atoms with Crippen molar-refractivity contribution < 1.29 is 9.21 Å². The third kappa shape index (κ3) is 3.91. The molecule has 0 aliphatic carbocycles. The Morgan fingerprint density at radius 3 is 2.53 bits per heavy atom. The minimum atomic E-state index is 0.281. The van der Waals surface area contributed by atoms with Gasteiger partial charge in [0.25, 0.3) is 0 Å². The lowest BCUT2D eigenvalue weighted by atomic mass is 10.1. The number of furan rings is 1. The van der Waals surface area contributed by atoms with Gasteiger partial charge < -0.3 is 9.32 Å². The van der Waals surface area contributed by atoms with Crippen molar-refractivity contribution in [3.05, 3.63) is 24.2 Å². The van der Waals surface area contributed by atoms with E-state index in [0.29, 0.717) is 6.42 Å². The van der Waals surface area contributed by atoms with Gasteiger partial charge in [-0.15, -0.1) is 0 Å². The van der Waals surface area contributed by atoms with Crippen LogP contribution in [0.25, 0.3) is 0 Å². The molecular formula is C14H21NO2. The zero-order chi connectivity index (χ0) is 11.9. The van der Waals surface area contributed by atoms with Crippen molar-refractivity contribution >= 4 is 5.91 Å². The van der Waals surface area contributed by atoms with Gasteiger partial charge in [0, 0.05) is 25.9 Å². The van der Waals surface area contributed by atoms with E-state index in [2.05, 4.69) is 0 Å². The Morgan fingerprint density at radius 1 is 1.18 bits per heavy atom. The summed E-state index contributed by atoms with van der Waals surface area (Å²) in [5.74, 6) is 1.19. The number of aryl methyl sites for hydroxylation is 1. The molecule has 3 nitrogen and oxygen atoms in total. The first-order valence-electron chi connectivity index (χ1n) is 6.66. The van der Waals surface area contributed by atoms with E-state index in [4.69, 9.17) is 4.42 Å². The normalized spacial score (nSPS) is 17.5. The smallest absolute Gasteiger partial charge is 0.223 e. The van der Waals surface area contributed by atoms with E-state index in [1.54, 1.807) is 6.26 Å². The maximum Gasteiger partial charge on any atom is 0.223 e. The van der Waals surface area contributed by atoms with Gasteiger partial charge in [-0.3, -0.25) is 4.79 Å². The lowest BCUT2D eigenvalue weighted by Gasteiger charge is -2.24. The maximum absolute atomic E-state index is 12.0. The number of carbonyl (C=O) groups excluding carboxylic acids is 1. The highest BCUT2D eigenvalue weighted by atomic mass is 16.3. The van der Waals surface area contributed by atoms with E-state index in [0.717, 1.165) is 38.1 Å². The Morgan fingerprint density at radius 2 is 1.88 bits per heavy atom. The van der Waals surface area contributed by atoms with Gasteiger partial charge in [0.05, 0.1) is 6.26 Å². The molecule has 94 valence electrons. The van der Waals surface area contributed by atoms with E-state index >= 15 is 0 Å². The van der Waals surface area contributed by atoms with Crippen LogP contribution >= 0.6 is 0 Å². The number of amides is 1. The summed E-state index contributed by atoms with van der Waals surface area (Å²) in [5.41, 5.74) is 0. The molecule has 1 aromatic heterocycles. The molecule has 0 radical (unpaired) electrons. The van der Waals surface area contributed by atoms with Crippen molar-refractivity contribution in [3.63, 3.8) is 0 Å². The summed E-state index contributed by atoms with van der Waals surface area (Å²) in [6.45, 7) is 1.88. The summed E-state index contributed by atoms with van der Waals surface area (Å²) in [5, 5.41) is 0. The highest BCUT2D eigenvalue weighted by molar-refractivity contribution is 5.76. The van der Waals surface area contributed by atoms with Crippen LogP contribution in [0, 0.1) is 0 Å². The molecule has 3 heteroatoms. The van der Waals surface area contributed by atoms with Gasteiger partial charge in [0.15, 0.2) is 0 Å². The van der Waals surface area contributed by atoms with E-state index < -0.39 is 0 Å². The van der Waals surface area contributed by atoms with Crippen molar-refractivity contribution in [2.75, 3.05) is 13.1 Å². The number of likely N-dealkylation sites (tertiary alicyclic amines) is 1. The third-order valence-electron chi connectivity index (χ3n) is 3.37. The van der Waals surface area contributed by atoms with Crippen molar-refractivity contribution in [1.82, 2.24) is 4.90 Å². The predicted octanol–water partition coefficient (Wildman–Crippen LogP) is 3.00. The van der Waals surface area contributed by atoms with Crippen LogP contribution in [-0.4, -0.2) is 23.9 Å². The van der Waals surface area contributed by atoms with Crippen molar-refractivity contribution in [3.8, 4) is 0 Å². The van der Waals surface area contributed by atoms with Gasteiger partial charge in [-0.25, -0.2) is 0 Å². The highest BCUT2D eigenvalue weighted by Gasteiger charge is 2.14. The molecule has 2 heterocycles. The van der Waals surface area contributed by atoms with Crippen LogP contribution in [0.2, 0.25) is 0 Å². The van der Waals surface area contributed by atoms with Crippen LogP contribution in [0.4, 0.5) is 0 Å². The lowest BCUT2D eigenvalue weighted by Crippen LogP contribution is -2.33. The second-order valence-corrected chi connectivity index (χ2v) is 4.73. The molecule has 0 bridgehead atoms. The molecule has 0 saturated carbocycles. The van der Waals surface area contributed by atoms with Gasteiger partial charge >= 0.3 is 0 Å². The number of nitrogens with zero attached hydrogens (tertiary/aromatic N) is 1. The first-order valence-corrected chi connectivity index (χ1v) is 6.66. The van der Waals surface area contributed by atoms with Gasteiger partial charge in [0.1, 0.15) is 5.76 Å². The number of carbonyl (C=O) groups is 1. The van der Waals surface area contributed by atoms with E-state index in [9.17, 15) is 4.79 Å². The summed E-state index contributed by atoms with van der Waals surface area (Å²) in [6.07, 6.45) is 9.14. The van der Waals surface area contributed by atoms with Crippen LogP contribution in [0.15, 0.2) is 22.8 Å². The Bertz CT molecular complexity index is 324. The Hall–Kier alpha value is -1.25. The molecule has 1 saturated heterocycles. The van der Waals surface area contributed by atoms with Crippen LogP contribution in [0.5, 0.6) is 0 Å². The summed E-state index contributed by atoms with van der Waals surface area (Å²) in [6, 6.07) is 3.80. The molecule has 0 aromatic carbocycles. The van der Waals surface area contributed by atoms with Gasteiger partial charge in [-0.05, 0) is 25.0 Å². The molecule has 0 spiro atoms. The fourth-order valence-corrected chi connectivity index (χ4v) is 2.34. The average Bonchev–Trinajstić information content (AvgIpc) is 2.78. The van der Waals surface area contributed by atoms with Crippen LogP contribution in [0.3, 0.4) is 0 Å². The molecule has 1 aromatic rings. The van der Waals surface area contributed by atoms with E-state index in [1.165, 1.54) is 19.3 Å². The highest BCUT2D eigenvalue weighted by Crippen LogP contribution is 2.12. The second-order valence-electron chi connectivity index (χ2n) is 4.73. The molecule has 1 aliphatic rings. The standard InChI is InChI=1S/C14H21NO2/c16-14(9-8-13-7-6-12-17-13)15-10-4-2-1-3-5-11-15/h6-7,12H,1-5,8-11H2. The van der Waals surface area contributed by atoms with Gasteiger partial charge in [-0.1, -0.05) is 19.3 Å². The molecule has 1 fully saturated rings. The topological polar surface area (TPSA) is 33.5 Å². The SMILES string of the molecule is O=C(CCc1ccco1)N1CCCCCCC1. The quantitative estimate of drug-likeness (QED) is 0.807. The maximum atomic E-state index is 12.0. The minimum Gasteiger partial charge on any atom is -0.469 e. The Balaban J connectivity index is 1.77. The number of hydrogen-bond acceptors (Lipinski definition) is 2. The first-order chi connectivity index (χ1) is 8.36. The number of rotatable bonds is 3.